The summed E-state index contributed by atoms with van der Waals surface area (Å²) in [6, 6.07) is 9.44. The molecule has 0 aliphatic rings. The van der Waals surface area contributed by atoms with Crippen LogP contribution in [0.3, 0.4) is 0 Å². The number of aliphatic hydroxyl groups is 1. The Labute approximate surface area is 94.8 Å². The van der Waals surface area contributed by atoms with Crippen molar-refractivity contribution < 1.29 is 9.52 Å². The molecule has 0 aliphatic heterocycles. The summed E-state index contributed by atoms with van der Waals surface area (Å²) in [5.41, 5.74) is 0.396. The Hall–Kier alpha value is -1.61. The molecule has 1 aromatic heterocycles. The Morgan fingerprint density at radius 3 is 2.31 bits per heavy atom. The minimum Gasteiger partial charge on any atom is -0.442 e. The van der Waals surface area contributed by atoms with Gasteiger partial charge in [0.1, 0.15) is 5.60 Å². The van der Waals surface area contributed by atoms with Crippen LogP contribution in [-0.4, -0.2) is 10.1 Å². The second kappa shape index (κ2) is 3.76. The fourth-order valence-electron chi connectivity index (χ4n) is 1.88. The first-order valence-electron chi connectivity index (χ1n) is 5.24. The lowest BCUT2D eigenvalue weighted by Crippen LogP contribution is -2.23. The summed E-state index contributed by atoms with van der Waals surface area (Å²) in [6.07, 6.45) is 0. The third kappa shape index (κ3) is 1.74. The van der Waals surface area contributed by atoms with E-state index < -0.39 is 5.60 Å². The molecule has 0 amide bonds. The summed E-state index contributed by atoms with van der Waals surface area (Å²) in [6.45, 7) is 5.33. The van der Waals surface area contributed by atoms with Gasteiger partial charge in [-0.2, -0.15) is 0 Å². The van der Waals surface area contributed by atoms with Crippen molar-refractivity contribution in [3.8, 4) is 0 Å². The van der Waals surface area contributed by atoms with E-state index in [9.17, 15) is 5.11 Å². The van der Waals surface area contributed by atoms with E-state index >= 15 is 0 Å². The van der Waals surface area contributed by atoms with Crippen LogP contribution in [0.5, 0.6) is 0 Å². The normalized spacial score (nSPS) is 14.8. The van der Waals surface area contributed by atoms with Gasteiger partial charge in [0.05, 0.1) is 5.69 Å². The zero-order valence-corrected chi connectivity index (χ0v) is 9.69. The van der Waals surface area contributed by atoms with Gasteiger partial charge < -0.3 is 9.52 Å². The fourth-order valence-corrected chi connectivity index (χ4v) is 1.88. The van der Waals surface area contributed by atoms with Gasteiger partial charge in [0.25, 0.3) is 0 Å². The highest BCUT2D eigenvalue weighted by molar-refractivity contribution is 5.31. The molecule has 1 aromatic carbocycles. The number of hydrogen-bond acceptors (Lipinski definition) is 3. The van der Waals surface area contributed by atoms with E-state index in [1.165, 1.54) is 0 Å². The van der Waals surface area contributed by atoms with Crippen molar-refractivity contribution in [2.75, 3.05) is 0 Å². The van der Waals surface area contributed by atoms with Crippen LogP contribution < -0.4 is 0 Å². The van der Waals surface area contributed by atoms with Crippen LogP contribution in [0, 0.1) is 13.8 Å². The topological polar surface area (TPSA) is 46.3 Å². The van der Waals surface area contributed by atoms with Crippen molar-refractivity contribution in [2.45, 2.75) is 26.4 Å². The number of oxazole rings is 1. The highest BCUT2D eigenvalue weighted by Crippen LogP contribution is 2.31. The van der Waals surface area contributed by atoms with Crippen LogP contribution in [-0.2, 0) is 5.60 Å². The van der Waals surface area contributed by atoms with E-state index in [1.54, 1.807) is 13.8 Å². The average molecular weight is 217 g/mol. The Kier molecular flexibility index (Phi) is 2.56. The molecule has 0 saturated carbocycles. The first-order valence-corrected chi connectivity index (χ1v) is 5.24. The maximum absolute atomic E-state index is 10.5. The first kappa shape index (κ1) is 10.9. The van der Waals surface area contributed by atoms with Gasteiger partial charge in [-0.05, 0) is 19.4 Å². The van der Waals surface area contributed by atoms with E-state index in [1.807, 2.05) is 37.3 Å². The number of rotatable bonds is 2. The number of nitrogens with zero attached hydrogens (tertiary/aromatic N) is 1. The van der Waals surface area contributed by atoms with Crippen LogP contribution >= 0.6 is 0 Å². The van der Waals surface area contributed by atoms with E-state index in [2.05, 4.69) is 4.98 Å². The number of hydrogen-bond donors (Lipinski definition) is 1. The molecule has 0 aliphatic carbocycles. The van der Waals surface area contributed by atoms with Crippen molar-refractivity contribution in [1.29, 1.82) is 0 Å². The molecule has 0 radical (unpaired) electrons. The Balaban J connectivity index is 2.51. The fraction of sp³-hybridized carbons (Fsp3) is 0.308. The lowest BCUT2D eigenvalue weighted by molar-refractivity contribution is 0.0749. The van der Waals surface area contributed by atoms with Crippen LogP contribution in [0.2, 0.25) is 0 Å². The molecular weight excluding hydrogens is 202 g/mol. The van der Waals surface area contributed by atoms with Crippen molar-refractivity contribution in [1.82, 2.24) is 4.98 Å². The van der Waals surface area contributed by atoms with Crippen LogP contribution in [0.4, 0.5) is 0 Å². The molecule has 1 atom stereocenters. The summed E-state index contributed by atoms with van der Waals surface area (Å²) in [5.74, 6) is 1.08. The molecule has 0 fully saturated rings. The number of aromatic nitrogens is 1. The van der Waals surface area contributed by atoms with Crippen molar-refractivity contribution >= 4 is 0 Å². The SMILES string of the molecule is Cc1nc(C)c(C(C)(O)c2ccccc2)o1. The van der Waals surface area contributed by atoms with Gasteiger partial charge >= 0.3 is 0 Å². The monoisotopic (exact) mass is 217 g/mol. The molecule has 0 bridgehead atoms. The van der Waals surface area contributed by atoms with Crippen LogP contribution in [0.1, 0.15) is 29.8 Å². The summed E-state index contributed by atoms with van der Waals surface area (Å²) in [5, 5.41) is 10.5. The highest BCUT2D eigenvalue weighted by atomic mass is 16.4. The van der Waals surface area contributed by atoms with Crippen molar-refractivity contribution in [3.63, 3.8) is 0 Å². The quantitative estimate of drug-likeness (QED) is 0.840. The van der Waals surface area contributed by atoms with E-state index in [-0.39, 0.29) is 0 Å². The Morgan fingerprint density at radius 1 is 1.19 bits per heavy atom. The second-order valence-electron chi connectivity index (χ2n) is 4.09. The Morgan fingerprint density at radius 2 is 1.81 bits per heavy atom. The maximum atomic E-state index is 10.5. The third-order valence-corrected chi connectivity index (χ3v) is 2.68. The van der Waals surface area contributed by atoms with E-state index in [0.717, 1.165) is 11.3 Å². The van der Waals surface area contributed by atoms with Crippen molar-refractivity contribution in [2.24, 2.45) is 0 Å². The molecule has 0 spiro atoms. The predicted molar refractivity (Wildman–Crippen MR) is 61.1 cm³/mol. The molecule has 84 valence electrons. The number of benzene rings is 1. The highest BCUT2D eigenvalue weighted by Gasteiger charge is 2.31. The summed E-state index contributed by atoms with van der Waals surface area (Å²) in [4.78, 5) is 4.18. The molecule has 3 nitrogen and oxygen atoms in total. The van der Waals surface area contributed by atoms with Gasteiger partial charge in [0.2, 0.25) is 0 Å². The van der Waals surface area contributed by atoms with Gasteiger partial charge in [-0.3, -0.25) is 0 Å². The molecule has 2 aromatic rings. The minimum atomic E-state index is -1.13. The first-order chi connectivity index (χ1) is 7.51. The lowest BCUT2D eigenvalue weighted by atomic mass is 9.92. The lowest BCUT2D eigenvalue weighted by Gasteiger charge is -2.21. The van der Waals surface area contributed by atoms with Gasteiger partial charge in [-0.25, -0.2) is 4.98 Å². The predicted octanol–water partition coefficient (Wildman–Crippen LogP) is 2.55. The third-order valence-electron chi connectivity index (χ3n) is 2.68. The largest absolute Gasteiger partial charge is 0.442 e. The summed E-state index contributed by atoms with van der Waals surface area (Å²) in [7, 11) is 0. The zero-order valence-electron chi connectivity index (χ0n) is 9.69. The number of aryl methyl sites for hydroxylation is 2. The standard InChI is InChI=1S/C13H15NO2/c1-9-12(16-10(2)14-9)13(3,15)11-7-5-4-6-8-11/h4-8,15H,1-3H3. The summed E-state index contributed by atoms with van der Waals surface area (Å²) < 4.78 is 5.47. The molecule has 16 heavy (non-hydrogen) atoms. The minimum absolute atomic E-state index is 0.510. The van der Waals surface area contributed by atoms with E-state index in [0.29, 0.717) is 11.7 Å². The maximum Gasteiger partial charge on any atom is 0.191 e. The van der Waals surface area contributed by atoms with E-state index in [4.69, 9.17) is 4.42 Å². The molecule has 0 saturated heterocycles. The summed E-state index contributed by atoms with van der Waals surface area (Å²) >= 11 is 0. The smallest absolute Gasteiger partial charge is 0.191 e. The molecule has 1 unspecified atom stereocenters. The molecule has 1 N–H and O–H groups in total. The Bertz CT molecular complexity index is 486. The van der Waals surface area contributed by atoms with Gasteiger partial charge in [-0.1, -0.05) is 30.3 Å². The van der Waals surface area contributed by atoms with Gasteiger partial charge in [0.15, 0.2) is 11.7 Å². The molecular formula is C13H15NO2. The van der Waals surface area contributed by atoms with Crippen LogP contribution in [0.15, 0.2) is 34.7 Å². The van der Waals surface area contributed by atoms with Gasteiger partial charge in [-0.15, -0.1) is 0 Å². The van der Waals surface area contributed by atoms with Crippen LogP contribution in [0.25, 0.3) is 0 Å². The van der Waals surface area contributed by atoms with Crippen molar-refractivity contribution in [3.05, 3.63) is 53.2 Å². The van der Waals surface area contributed by atoms with Gasteiger partial charge in [0, 0.05) is 6.92 Å². The second-order valence-corrected chi connectivity index (χ2v) is 4.09. The zero-order chi connectivity index (χ0) is 11.8. The average Bonchev–Trinajstić information content (AvgIpc) is 2.60. The molecule has 3 heteroatoms. The molecule has 2 rings (SSSR count). The molecule has 1 heterocycles.